The van der Waals surface area contributed by atoms with Gasteiger partial charge in [-0.05, 0) is 48.2 Å². The van der Waals surface area contributed by atoms with Gasteiger partial charge in [-0.25, -0.2) is 0 Å². The van der Waals surface area contributed by atoms with Gasteiger partial charge in [0.25, 0.3) is 0 Å². The molecule has 1 aliphatic rings. The Hall–Kier alpha value is -2.04. The fourth-order valence-electron chi connectivity index (χ4n) is 3.40. The van der Waals surface area contributed by atoms with Gasteiger partial charge in [0, 0.05) is 30.8 Å². The molecule has 0 aromatic heterocycles. The van der Waals surface area contributed by atoms with Crippen molar-refractivity contribution in [1.82, 2.24) is 5.32 Å². The largest absolute Gasteiger partial charge is 0.487 e. The van der Waals surface area contributed by atoms with Crippen LogP contribution in [0.5, 0.6) is 5.75 Å². The summed E-state index contributed by atoms with van der Waals surface area (Å²) in [6.07, 6.45) is 2.76. The average molecular weight is 374 g/mol. The summed E-state index contributed by atoms with van der Waals surface area (Å²) >= 11 is 5.96. The van der Waals surface area contributed by atoms with Crippen LogP contribution >= 0.6 is 11.6 Å². The summed E-state index contributed by atoms with van der Waals surface area (Å²) in [6.45, 7) is 2.40. The summed E-state index contributed by atoms with van der Waals surface area (Å²) in [5, 5.41) is 12.2. The number of halogens is 1. The zero-order valence-corrected chi connectivity index (χ0v) is 15.7. The number of rotatable bonds is 7. The molecule has 0 spiro atoms. The highest BCUT2D eigenvalue weighted by atomic mass is 35.5. The van der Waals surface area contributed by atoms with Crippen LogP contribution in [0.2, 0.25) is 5.02 Å². The van der Waals surface area contributed by atoms with Crippen LogP contribution < -0.4 is 10.1 Å². The molecule has 0 fully saturated rings. The summed E-state index contributed by atoms with van der Waals surface area (Å²) in [7, 11) is 0. The van der Waals surface area contributed by atoms with E-state index in [-0.39, 0.29) is 18.1 Å². The fourth-order valence-corrected chi connectivity index (χ4v) is 3.53. The molecule has 0 unspecified atom stereocenters. The van der Waals surface area contributed by atoms with Gasteiger partial charge in [0.15, 0.2) is 0 Å². The van der Waals surface area contributed by atoms with Gasteiger partial charge in [0.05, 0.1) is 6.61 Å². The highest BCUT2D eigenvalue weighted by Gasteiger charge is 2.35. The summed E-state index contributed by atoms with van der Waals surface area (Å²) in [5.74, 6) is 0.887. The Morgan fingerprint density at radius 3 is 2.69 bits per heavy atom. The van der Waals surface area contributed by atoms with Crippen molar-refractivity contribution < 1.29 is 14.6 Å². The van der Waals surface area contributed by atoms with Crippen LogP contribution in [0.25, 0.3) is 0 Å². The first-order valence-electron chi connectivity index (χ1n) is 8.90. The molecule has 2 aromatic carbocycles. The summed E-state index contributed by atoms with van der Waals surface area (Å²) in [5.41, 5.74) is 3.25. The maximum absolute atomic E-state index is 11.7. The van der Waals surface area contributed by atoms with E-state index in [0.29, 0.717) is 19.4 Å². The normalized spacial score (nSPS) is 18.3. The Bertz CT molecular complexity index is 775. The first-order chi connectivity index (χ1) is 12.5. The Morgan fingerprint density at radius 1 is 1.23 bits per heavy atom. The molecule has 0 bridgehead atoms. The summed E-state index contributed by atoms with van der Waals surface area (Å²) < 4.78 is 6.22. The van der Waals surface area contributed by atoms with Crippen molar-refractivity contribution in [2.75, 3.05) is 13.2 Å². The SMILES string of the molecule is C[C@@]1(Cc2ccc(Cl)cc2)Cc2cc(CCC(=O)NCCO)ccc2O1. The van der Waals surface area contributed by atoms with Crippen molar-refractivity contribution in [3.05, 3.63) is 64.2 Å². The molecule has 0 radical (unpaired) electrons. The third kappa shape index (κ3) is 4.77. The van der Waals surface area contributed by atoms with Crippen molar-refractivity contribution >= 4 is 17.5 Å². The quantitative estimate of drug-likeness (QED) is 0.782. The van der Waals surface area contributed by atoms with Crippen molar-refractivity contribution in [3.63, 3.8) is 0 Å². The molecule has 0 saturated carbocycles. The molecule has 26 heavy (non-hydrogen) atoms. The van der Waals surface area contributed by atoms with Gasteiger partial charge in [-0.3, -0.25) is 4.79 Å². The van der Waals surface area contributed by atoms with E-state index in [1.807, 2.05) is 36.4 Å². The summed E-state index contributed by atoms with van der Waals surface area (Å²) in [6, 6.07) is 14.1. The molecule has 1 amide bonds. The number of hydrogen-bond acceptors (Lipinski definition) is 3. The molecule has 1 heterocycles. The second-order valence-electron chi connectivity index (χ2n) is 7.05. The number of aryl methyl sites for hydroxylation is 1. The number of amides is 1. The Kier molecular flexibility index (Phi) is 5.84. The lowest BCUT2D eigenvalue weighted by Crippen LogP contribution is -2.32. The molecule has 1 aliphatic heterocycles. The van der Waals surface area contributed by atoms with Gasteiger partial charge in [-0.1, -0.05) is 35.9 Å². The molecule has 3 rings (SSSR count). The number of benzene rings is 2. The van der Waals surface area contributed by atoms with E-state index >= 15 is 0 Å². The lowest BCUT2D eigenvalue weighted by Gasteiger charge is -2.24. The Labute approximate surface area is 159 Å². The molecule has 4 nitrogen and oxygen atoms in total. The zero-order chi connectivity index (χ0) is 18.6. The van der Waals surface area contributed by atoms with Crippen LogP contribution in [0, 0.1) is 0 Å². The molecule has 138 valence electrons. The molecule has 2 N–H and O–H groups in total. The average Bonchev–Trinajstić information content (AvgIpc) is 2.95. The van der Waals surface area contributed by atoms with Crippen LogP contribution in [-0.4, -0.2) is 29.8 Å². The monoisotopic (exact) mass is 373 g/mol. The van der Waals surface area contributed by atoms with Crippen LogP contribution in [0.3, 0.4) is 0 Å². The molecular formula is C21H24ClNO3. The van der Waals surface area contributed by atoms with Gasteiger partial charge in [0.2, 0.25) is 5.91 Å². The van der Waals surface area contributed by atoms with Gasteiger partial charge >= 0.3 is 0 Å². The minimum atomic E-state index is -0.271. The molecular weight excluding hydrogens is 350 g/mol. The van der Waals surface area contributed by atoms with E-state index in [2.05, 4.69) is 18.3 Å². The lowest BCUT2D eigenvalue weighted by molar-refractivity contribution is -0.121. The van der Waals surface area contributed by atoms with E-state index in [4.69, 9.17) is 21.4 Å². The van der Waals surface area contributed by atoms with E-state index in [9.17, 15) is 4.79 Å². The van der Waals surface area contributed by atoms with Gasteiger partial charge < -0.3 is 15.2 Å². The van der Waals surface area contributed by atoms with Crippen molar-refractivity contribution in [1.29, 1.82) is 0 Å². The van der Waals surface area contributed by atoms with Crippen LogP contribution in [-0.2, 0) is 24.1 Å². The minimum absolute atomic E-state index is 0.0336. The first kappa shape index (κ1) is 18.7. The second kappa shape index (κ2) is 8.11. The minimum Gasteiger partial charge on any atom is -0.487 e. The number of carbonyl (C=O) groups excluding carboxylic acids is 1. The van der Waals surface area contributed by atoms with E-state index in [0.717, 1.165) is 29.2 Å². The number of ether oxygens (including phenoxy) is 1. The third-order valence-electron chi connectivity index (χ3n) is 4.61. The van der Waals surface area contributed by atoms with Gasteiger partial charge in [-0.2, -0.15) is 0 Å². The van der Waals surface area contributed by atoms with Crippen LogP contribution in [0.15, 0.2) is 42.5 Å². The van der Waals surface area contributed by atoms with Gasteiger partial charge in [0.1, 0.15) is 11.4 Å². The van der Waals surface area contributed by atoms with E-state index in [1.54, 1.807) is 0 Å². The molecule has 0 aliphatic carbocycles. The predicted octanol–water partition coefficient (Wildman–Crippen LogP) is 3.32. The second-order valence-corrected chi connectivity index (χ2v) is 7.48. The number of aliphatic hydroxyl groups is 1. The van der Waals surface area contributed by atoms with Gasteiger partial charge in [-0.15, -0.1) is 0 Å². The smallest absolute Gasteiger partial charge is 0.220 e. The van der Waals surface area contributed by atoms with Crippen LogP contribution in [0.1, 0.15) is 30.0 Å². The predicted molar refractivity (Wildman–Crippen MR) is 103 cm³/mol. The maximum atomic E-state index is 11.7. The Morgan fingerprint density at radius 2 is 1.96 bits per heavy atom. The first-order valence-corrected chi connectivity index (χ1v) is 9.28. The number of aliphatic hydroxyl groups excluding tert-OH is 1. The standard InChI is InChI=1S/C21H24ClNO3/c1-21(13-16-2-6-18(22)7-3-16)14-17-12-15(4-8-19(17)26-21)5-9-20(25)23-10-11-24/h2-4,6-8,12,24H,5,9-11,13-14H2,1H3,(H,23,25)/t21-/m1/s1. The number of fused-ring (bicyclic) bond motifs is 1. The number of hydrogen-bond donors (Lipinski definition) is 2. The highest BCUT2D eigenvalue weighted by molar-refractivity contribution is 6.30. The molecule has 5 heteroatoms. The summed E-state index contributed by atoms with van der Waals surface area (Å²) in [4.78, 5) is 11.7. The maximum Gasteiger partial charge on any atom is 0.220 e. The van der Waals surface area contributed by atoms with Crippen molar-refractivity contribution in [2.24, 2.45) is 0 Å². The Balaban J connectivity index is 1.61. The number of carbonyl (C=O) groups is 1. The molecule has 0 saturated heterocycles. The lowest BCUT2D eigenvalue weighted by atomic mass is 9.91. The molecule has 2 aromatic rings. The fraction of sp³-hybridized carbons (Fsp3) is 0.381. The topological polar surface area (TPSA) is 58.6 Å². The van der Waals surface area contributed by atoms with E-state index in [1.165, 1.54) is 11.1 Å². The van der Waals surface area contributed by atoms with E-state index < -0.39 is 0 Å². The molecule has 1 atom stereocenters. The van der Waals surface area contributed by atoms with Crippen molar-refractivity contribution in [2.45, 2.75) is 38.2 Å². The van der Waals surface area contributed by atoms with Crippen LogP contribution in [0.4, 0.5) is 0 Å². The third-order valence-corrected chi connectivity index (χ3v) is 4.86. The van der Waals surface area contributed by atoms with Crippen molar-refractivity contribution in [3.8, 4) is 5.75 Å². The number of nitrogens with one attached hydrogen (secondary N) is 1. The zero-order valence-electron chi connectivity index (χ0n) is 14.9. The highest BCUT2D eigenvalue weighted by Crippen LogP contribution is 2.37.